The minimum Gasteiger partial charge on any atom is -0.309 e. The van der Waals surface area contributed by atoms with Crippen molar-refractivity contribution in [3.05, 3.63) is 0 Å². The van der Waals surface area contributed by atoms with Gasteiger partial charge in [-0.2, -0.15) is 5.06 Å². The molecule has 0 saturated carbocycles. The normalized spacial score (nSPS) is 25.5. The molecule has 2 saturated heterocycles. The SMILES string of the molecule is CCCCON1C(=O)N2C[C@@H]1CC[C@H]2C(=O)NN(C)C. The van der Waals surface area contributed by atoms with Crippen LogP contribution >= 0.6 is 0 Å². The minimum absolute atomic E-state index is 0.0859. The third kappa shape index (κ3) is 3.04. The lowest BCUT2D eigenvalue weighted by Gasteiger charge is -2.30. The molecule has 0 aromatic rings. The number of hydrogen-bond acceptors (Lipinski definition) is 4. The van der Waals surface area contributed by atoms with Crippen LogP contribution in [0, 0.1) is 0 Å². The van der Waals surface area contributed by atoms with E-state index in [-0.39, 0.29) is 24.0 Å². The van der Waals surface area contributed by atoms with Crippen LogP contribution in [0.4, 0.5) is 4.79 Å². The van der Waals surface area contributed by atoms with Gasteiger partial charge in [-0.15, -0.1) is 0 Å². The van der Waals surface area contributed by atoms with E-state index in [9.17, 15) is 9.59 Å². The summed E-state index contributed by atoms with van der Waals surface area (Å²) in [6.45, 7) is 3.22. The highest BCUT2D eigenvalue weighted by Gasteiger charge is 2.47. The van der Waals surface area contributed by atoms with Gasteiger partial charge < -0.3 is 4.90 Å². The maximum absolute atomic E-state index is 12.3. The zero-order valence-corrected chi connectivity index (χ0v) is 12.5. The van der Waals surface area contributed by atoms with E-state index in [2.05, 4.69) is 12.3 Å². The van der Waals surface area contributed by atoms with Crippen molar-refractivity contribution >= 4 is 11.9 Å². The standard InChI is InChI=1S/C13H24N4O3/c1-4-5-8-20-17-10-6-7-11(12(18)14-15(2)3)16(9-10)13(17)19/h10-11H,4-9H2,1-3H3,(H,14,18)/t10-,11-/m0/s1. The highest BCUT2D eigenvalue weighted by Crippen LogP contribution is 2.30. The fourth-order valence-corrected chi connectivity index (χ4v) is 2.67. The van der Waals surface area contributed by atoms with Crippen LogP contribution in [0.3, 0.4) is 0 Å². The zero-order chi connectivity index (χ0) is 14.7. The van der Waals surface area contributed by atoms with Crippen LogP contribution in [0.1, 0.15) is 32.6 Å². The molecule has 0 aromatic heterocycles. The van der Waals surface area contributed by atoms with Crippen molar-refractivity contribution in [2.24, 2.45) is 0 Å². The molecule has 0 radical (unpaired) electrons. The van der Waals surface area contributed by atoms with E-state index in [4.69, 9.17) is 4.84 Å². The first-order chi connectivity index (χ1) is 9.54. The number of nitrogens with one attached hydrogen (secondary N) is 1. The van der Waals surface area contributed by atoms with Gasteiger partial charge in [0.25, 0.3) is 5.91 Å². The first-order valence-electron chi connectivity index (χ1n) is 7.25. The fourth-order valence-electron chi connectivity index (χ4n) is 2.67. The molecule has 20 heavy (non-hydrogen) atoms. The van der Waals surface area contributed by atoms with Gasteiger partial charge in [-0.25, -0.2) is 9.80 Å². The molecule has 0 aromatic carbocycles. The number of amides is 3. The summed E-state index contributed by atoms with van der Waals surface area (Å²) >= 11 is 0. The number of fused-ring (bicyclic) bond motifs is 2. The average molecular weight is 284 g/mol. The molecule has 7 nitrogen and oxygen atoms in total. The summed E-state index contributed by atoms with van der Waals surface area (Å²) in [5.41, 5.74) is 2.72. The van der Waals surface area contributed by atoms with Crippen LogP contribution < -0.4 is 5.43 Å². The van der Waals surface area contributed by atoms with Crippen molar-refractivity contribution in [3.63, 3.8) is 0 Å². The Kier molecular flexibility index (Phi) is 4.82. The van der Waals surface area contributed by atoms with Gasteiger partial charge in [0, 0.05) is 20.6 Å². The van der Waals surface area contributed by atoms with Gasteiger partial charge in [0.15, 0.2) is 0 Å². The molecule has 2 rings (SSSR count). The molecule has 2 aliphatic heterocycles. The second-order valence-electron chi connectivity index (χ2n) is 5.56. The molecule has 0 spiro atoms. The van der Waals surface area contributed by atoms with Gasteiger partial charge in [-0.3, -0.25) is 15.1 Å². The summed E-state index contributed by atoms with van der Waals surface area (Å²) in [4.78, 5) is 31.6. The lowest BCUT2D eigenvalue weighted by molar-refractivity contribution is -0.131. The van der Waals surface area contributed by atoms with Crippen LogP contribution in [-0.4, -0.2) is 66.2 Å². The van der Waals surface area contributed by atoms with Crippen LogP contribution in [0.2, 0.25) is 0 Å². The van der Waals surface area contributed by atoms with E-state index in [1.807, 2.05) is 0 Å². The first kappa shape index (κ1) is 15.1. The molecule has 2 aliphatic rings. The average Bonchev–Trinajstić information content (AvgIpc) is 2.63. The number of piperidine rings is 1. The molecular weight excluding hydrogens is 260 g/mol. The molecule has 1 N–H and O–H groups in total. The Balaban J connectivity index is 1.96. The predicted molar refractivity (Wildman–Crippen MR) is 73.4 cm³/mol. The number of rotatable bonds is 6. The third-order valence-electron chi connectivity index (χ3n) is 3.69. The molecule has 3 amide bonds. The van der Waals surface area contributed by atoms with Gasteiger partial charge in [-0.05, 0) is 19.3 Å². The second kappa shape index (κ2) is 6.41. The van der Waals surface area contributed by atoms with Crippen LogP contribution in [-0.2, 0) is 9.63 Å². The molecule has 2 heterocycles. The summed E-state index contributed by atoms with van der Waals surface area (Å²) in [6, 6.07) is -0.480. The topological polar surface area (TPSA) is 65.1 Å². The molecule has 7 heteroatoms. The van der Waals surface area contributed by atoms with Gasteiger partial charge in [0.05, 0.1) is 12.6 Å². The Morgan fingerprint density at radius 1 is 1.45 bits per heavy atom. The van der Waals surface area contributed by atoms with Crippen molar-refractivity contribution in [2.45, 2.75) is 44.7 Å². The molecule has 114 valence electrons. The Labute approximate surface area is 119 Å². The summed E-state index contributed by atoms with van der Waals surface area (Å²) < 4.78 is 0. The largest absolute Gasteiger partial charge is 0.345 e. The second-order valence-corrected chi connectivity index (χ2v) is 5.56. The van der Waals surface area contributed by atoms with Gasteiger partial charge in [0.2, 0.25) is 0 Å². The summed E-state index contributed by atoms with van der Waals surface area (Å²) in [5, 5.41) is 3.07. The lowest BCUT2D eigenvalue weighted by Crippen LogP contribution is -2.52. The van der Waals surface area contributed by atoms with E-state index < -0.39 is 0 Å². The number of nitrogens with zero attached hydrogens (tertiary/aromatic N) is 3. The first-order valence-corrected chi connectivity index (χ1v) is 7.25. The van der Waals surface area contributed by atoms with E-state index in [0.717, 1.165) is 19.3 Å². The Morgan fingerprint density at radius 3 is 2.85 bits per heavy atom. The monoisotopic (exact) mass is 284 g/mol. The molecular formula is C13H24N4O3. The molecule has 0 unspecified atom stereocenters. The van der Waals surface area contributed by atoms with E-state index in [1.165, 1.54) is 5.06 Å². The van der Waals surface area contributed by atoms with E-state index in [0.29, 0.717) is 19.6 Å². The van der Waals surface area contributed by atoms with Crippen molar-refractivity contribution in [1.29, 1.82) is 0 Å². The maximum atomic E-state index is 12.3. The number of urea groups is 1. The smallest absolute Gasteiger partial charge is 0.309 e. The highest BCUT2D eigenvalue weighted by atomic mass is 16.7. The lowest BCUT2D eigenvalue weighted by atomic mass is 10.0. The van der Waals surface area contributed by atoms with Crippen molar-refractivity contribution in [2.75, 3.05) is 27.2 Å². The predicted octanol–water partition coefficient (Wildman–Crippen LogP) is 0.580. The number of carbonyl (C=O) groups excluding carboxylic acids is 2. The van der Waals surface area contributed by atoms with Crippen molar-refractivity contribution < 1.29 is 14.4 Å². The quantitative estimate of drug-likeness (QED) is 0.572. The zero-order valence-electron chi connectivity index (χ0n) is 12.5. The number of hydrazine groups is 1. The highest BCUT2D eigenvalue weighted by molar-refractivity contribution is 5.88. The van der Waals surface area contributed by atoms with Gasteiger partial charge in [0.1, 0.15) is 6.04 Å². The van der Waals surface area contributed by atoms with Crippen molar-refractivity contribution in [3.8, 4) is 0 Å². The Morgan fingerprint density at radius 2 is 2.20 bits per heavy atom. The number of carbonyl (C=O) groups is 2. The van der Waals surface area contributed by atoms with Crippen LogP contribution in [0.15, 0.2) is 0 Å². The summed E-state index contributed by atoms with van der Waals surface area (Å²) in [7, 11) is 3.52. The van der Waals surface area contributed by atoms with Gasteiger partial charge in [-0.1, -0.05) is 13.3 Å². The van der Waals surface area contributed by atoms with Gasteiger partial charge >= 0.3 is 6.03 Å². The molecule has 2 atom stereocenters. The number of hydroxylamine groups is 2. The summed E-state index contributed by atoms with van der Waals surface area (Å²) in [6.07, 6.45) is 3.45. The van der Waals surface area contributed by atoms with Crippen LogP contribution in [0.5, 0.6) is 0 Å². The van der Waals surface area contributed by atoms with E-state index >= 15 is 0 Å². The third-order valence-corrected chi connectivity index (χ3v) is 3.69. The Hall–Kier alpha value is -1.34. The molecule has 2 fully saturated rings. The number of hydrogen-bond donors (Lipinski definition) is 1. The molecule has 0 aliphatic carbocycles. The molecule has 2 bridgehead atoms. The van der Waals surface area contributed by atoms with E-state index in [1.54, 1.807) is 24.0 Å². The maximum Gasteiger partial charge on any atom is 0.345 e. The Bertz CT molecular complexity index is 375. The summed E-state index contributed by atoms with van der Waals surface area (Å²) in [5.74, 6) is -0.128. The minimum atomic E-state index is -0.388. The number of unbranched alkanes of at least 4 members (excludes halogenated alkanes) is 1. The fraction of sp³-hybridized carbons (Fsp3) is 0.846. The van der Waals surface area contributed by atoms with Crippen LogP contribution in [0.25, 0.3) is 0 Å². The van der Waals surface area contributed by atoms with Crippen molar-refractivity contribution in [1.82, 2.24) is 20.4 Å².